The number of hydrogen-bond donors (Lipinski definition) is 1. The topological polar surface area (TPSA) is 58.6 Å². The van der Waals surface area contributed by atoms with Crippen LogP contribution in [0.1, 0.15) is 25.7 Å². The third-order valence-corrected chi connectivity index (χ3v) is 6.27. The maximum Gasteiger partial charge on any atom is 0.214 e. The number of piperidine rings is 1. The van der Waals surface area contributed by atoms with Gasteiger partial charge < -0.3 is 10.1 Å². The summed E-state index contributed by atoms with van der Waals surface area (Å²) in [5.41, 5.74) is 0. The van der Waals surface area contributed by atoms with Crippen LogP contribution < -0.4 is 5.32 Å². The zero-order chi connectivity index (χ0) is 12.6. The van der Waals surface area contributed by atoms with Gasteiger partial charge >= 0.3 is 0 Å². The Balaban J connectivity index is 1.65. The Kier molecular flexibility index (Phi) is 3.62. The Labute approximate surface area is 109 Å². The van der Waals surface area contributed by atoms with Crippen LogP contribution >= 0.6 is 0 Å². The van der Waals surface area contributed by atoms with Gasteiger partial charge in [0.25, 0.3) is 0 Å². The highest BCUT2D eigenvalue weighted by Gasteiger charge is 2.36. The van der Waals surface area contributed by atoms with E-state index in [4.69, 9.17) is 4.74 Å². The molecule has 18 heavy (non-hydrogen) atoms. The number of fused-ring (bicyclic) bond motifs is 2. The van der Waals surface area contributed by atoms with Crippen molar-refractivity contribution in [1.82, 2.24) is 9.62 Å². The second-order valence-corrected chi connectivity index (χ2v) is 7.83. The quantitative estimate of drug-likeness (QED) is 0.797. The lowest BCUT2D eigenvalue weighted by molar-refractivity contribution is 0.183. The number of nitrogens with one attached hydrogen (secondary N) is 1. The molecule has 0 saturated carbocycles. The number of nitrogens with zero attached hydrogens (tertiary/aromatic N) is 1. The fraction of sp³-hybridized carbons (Fsp3) is 1.00. The molecule has 1 N–H and O–H groups in total. The molecule has 2 bridgehead atoms. The van der Waals surface area contributed by atoms with Crippen molar-refractivity contribution in [1.29, 1.82) is 0 Å². The molecule has 3 heterocycles. The van der Waals surface area contributed by atoms with E-state index >= 15 is 0 Å². The molecular weight excluding hydrogens is 252 g/mol. The van der Waals surface area contributed by atoms with Crippen LogP contribution in [-0.2, 0) is 14.8 Å². The van der Waals surface area contributed by atoms with E-state index in [0.717, 1.165) is 19.3 Å². The SMILES string of the molecule is O=S(=O)(CC1CCOC1)N1CC2CCCC(C1)N2. The molecule has 0 radical (unpaired) electrons. The van der Waals surface area contributed by atoms with E-state index in [1.807, 2.05) is 0 Å². The maximum atomic E-state index is 12.4. The van der Waals surface area contributed by atoms with Gasteiger partial charge in [-0.2, -0.15) is 4.31 Å². The van der Waals surface area contributed by atoms with Crippen molar-refractivity contribution in [2.45, 2.75) is 37.8 Å². The summed E-state index contributed by atoms with van der Waals surface area (Å²) in [5.74, 6) is 0.469. The highest BCUT2D eigenvalue weighted by atomic mass is 32.2. The molecule has 3 unspecified atom stereocenters. The molecule has 3 rings (SSSR count). The number of piperazine rings is 1. The van der Waals surface area contributed by atoms with E-state index in [1.165, 1.54) is 6.42 Å². The Hall–Kier alpha value is -0.170. The van der Waals surface area contributed by atoms with E-state index in [2.05, 4.69) is 5.32 Å². The normalized spacial score (nSPS) is 37.9. The first kappa shape index (κ1) is 12.8. The predicted octanol–water partition coefficient (Wildman–Crippen LogP) is 0.179. The summed E-state index contributed by atoms with van der Waals surface area (Å²) in [7, 11) is -3.10. The average molecular weight is 274 g/mol. The number of hydrogen-bond acceptors (Lipinski definition) is 4. The highest BCUT2D eigenvalue weighted by Crippen LogP contribution is 2.24. The molecule has 5 nitrogen and oxygen atoms in total. The second kappa shape index (κ2) is 5.07. The molecule has 3 atom stereocenters. The molecule has 0 spiro atoms. The first-order valence-corrected chi connectivity index (χ1v) is 8.56. The smallest absolute Gasteiger partial charge is 0.214 e. The fourth-order valence-electron chi connectivity index (χ4n) is 3.31. The lowest BCUT2D eigenvalue weighted by Gasteiger charge is -2.41. The van der Waals surface area contributed by atoms with Gasteiger partial charge in [0.2, 0.25) is 10.0 Å². The van der Waals surface area contributed by atoms with Gasteiger partial charge in [-0.25, -0.2) is 8.42 Å². The van der Waals surface area contributed by atoms with E-state index in [1.54, 1.807) is 4.31 Å². The largest absolute Gasteiger partial charge is 0.381 e. The van der Waals surface area contributed by atoms with Crippen molar-refractivity contribution in [2.75, 3.05) is 32.1 Å². The predicted molar refractivity (Wildman–Crippen MR) is 68.8 cm³/mol. The van der Waals surface area contributed by atoms with Crippen LogP contribution in [0.4, 0.5) is 0 Å². The van der Waals surface area contributed by atoms with Gasteiger partial charge in [0.05, 0.1) is 12.4 Å². The van der Waals surface area contributed by atoms with Gasteiger partial charge in [-0.1, -0.05) is 6.42 Å². The standard InChI is InChI=1S/C12H22N2O3S/c15-18(16,9-10-4-5-17-8-10)14-6-11-2-1-3-12(7-14)13-11/h10-13H,1-9H2. The summed E-state index contributed by atoms with van der Waals surface area (Å²) in [6.07, 6.45) is 4.33. The minimum absolute atomic E-state index is 0.199. The van der Waals surface area contributed by atoms with Crippen LogP contribution in [0.15, 0.2) is 0 Å². The molecule has 0 amide bonds. The lowest BCUT2D eigenvalue weighted by atomic mass is 9.96. The third-order valence-electron chi connectivity index (χ3n) is 4.29. The van der Waals surface area contributed by atoms with Crippen LogP contribution in [0, 0.1) is 5.92 Å². The fourth-order valence-corrected chi connectivity index (χ4v) is 5.19. The number of sulfonamides is 1. The Morgan fingerprint density at radius 2 is 1.89 bits per heavy atom. The van der Waals surface area contributed by atoms with Crippen LogP contribution in [0.5, 0.6) is 0 Å². The second-order valence-electron chi connectivity index (χ2n) is 5.82. The van der Waals surface area contributed by atoms with Gasteiger partial charge in [0, 0.05) is 31.8 Å². The molecule has 0 aromatic rings. The monoisotopic (exact) mass is 274 g/mol. The lowest BCUT2D eigenvalue weighted by Crippen LogP contribution is -2.60. The van der Waals surface area contributed by atoms with Crippen LogP contribution in [-0.4, -0.2) is 56.9 Å². The van der Waals surface area contributed by atoms with Crippen molar-refractivity contribution < 1.29 is 13.2 Å². The third kappa shape index (κ3) is 2.71. The highest BCUT2D eigenvalue weighted by molar-refractivity contribution is 7.89. The van der Waals surface area contributed by atoms with E-state index in [-0.39, 0.29) is 11.7 Å². The molecule has 0 aromatic heterocycles. The van der Waals surface area contributed by atoms with Gasteiger partial charge in [-0.3, -0.25) is 0 Å². The Morgan fingerprint density at radius 1 is 1.17 bits per heavy atom. The van der Waals surface area contributed by atoms with Gasteiger partial charge in [-0.05, 0) is 25.2 Å². The number of rotatable bonds is 3. The molecule has 3 aliphatic rings. The minimum Gasteiger partial charge on any atom is -0.381 e. The van der Waals surface area contributed by atoms with Crippen LogP contribution in [0.2, 0.25) is 0 Å². The summed E-state index contributed by atoms with van der Waals surface area (Å²) < 4.78 is 31.8. The summed E-state index contributed by atoms with van der Waals surface area (Å²) in [6.45, 7) is 2.64. The first-order valence-electron chi connectivity index (χ1n) is 6.95. The number of ether oxygens (including phenoxy) is 1. The molecule has 3 saturated heterocycles. The van der Waals surface area contributed by atoms with Crippen molar-refractivity contribution in [3.63, 3.8) is 0 Å². The van der Waals surface area contributed by atoms with Gasteiger partial charge in [0.1, 0.15) is 0 Å². The van der Waals surface area contributed by atoms with Crippen molar-refractivity contribution in [3.8, 4) is 0 Å². The zero-order valence-electron chi connectivity index (χ0n) is 10.7. The molecular formula is C12H22N2O3S. The van der Waals surface area contributed by atoms with E-state index < -0.39 is 10.0 Å². The summed E-state index contributed by atoms with van der Waals surface area (Å²) >= 11 is 0. The van der Waals surface area contributed by atoms with Crippen molar-refractivity contribution in [2.24, 2.45) is 5.92 Å². The van der Waals surface area contributed by atoms with Crippen molar-refractivity contribution >= 4 is 10.0 Å². The molecule has 0 aliphatic carbocycles. The van der Waals surface area contributed by atoms with Crippen LogP contribution in [0.25, 0.3) is 0 Å². The average Bonchev–Trinajstić information content (AvgIpc) is 2.80. The first-order chi connectivity index (χ1) is 8.63. The molecule has 3 fully saturated rings. The molecule has 6 heteroatoms. The van der Waals surface area contributed by atoms with Gasteiger partial charge in [0.15, 0.2) is 0 Å². The van der Waals surface area contributed by atoms with E-state index in [0.29, 0.717) is 38.4 Å². The Bertz CT molecular complexity index is 380. The molecule has 104 valence electrons. The Morgan fingerprint density at radius 3 is 2.50 bits per heavy atom. The molecule has 0 aromatic carbocycles. The summed E-state index contributed by atoms with van der Waals surface area (Å²) in [6, 6.07) is 0.735. The summed E-state index contributed by atoms with van der Waals surface area (Å²) in [4.78, 5) is 0. The molecule has 3 aliphatic heterocycles. The zero-order valence-corrected chi connectivity index (χ0v) is 11.5. The van der Waals surface area contributed by atoms with Crippen molar-refractivity contribution in [3.05, 3.63) is 0 Å². The van der Waals surface area contributed by atoms with Gasteiger partial charge in [-0.15, -0.1) is 0 Å². The van der Waals surface area contributed by atoms with E-state index in [9.17, 15) is 8.42 Å². The minimum atomic E-state index is -3.10. The van der Waals surface area contributed by atoms with Crippen LogP contribution in [0.3, 0.4) is 0 Å². The maximum absolute atomic E-state index is 12.4. The summed E-state index contributed by atoms with van der Waals surface area (Å²) in [5, 5.41) is 3.52.